The van der Waals surface area contributed by atoms with Gasteiger partial charge in [0.1, 0.15) is 11.7 Å². The Morgan fingerprint density at radius 2 is 2.10 bits per heavy atom. The summed E-state index contributed by atoms with van der Waals surface area (Å²) >= 11 is 0. The first-order chi connectivity index (χ1) is 14.5. The highest BCUT2D eigenvalue weighted by Crippen LogP contribution is 2.31. The normalized spacial score (nSPS) is 15.2. The average molecular weight is 406 g/mol. The molecule has 4 rings (SSSR count). The minimum Gasteiger partial charge on any atom is -0.374 e. The van der Waals surface area contributed by atoms with Gasteiger partial charge in [-0.05, 0) is 43.0 Å². The lowest BCUT2D eigenvalue weighted by molar-refractivity contribution is 0.233. The Kier molecular flexibility index (Phi) is 5.95. The van der Waals surface area contributed by atoms with Gasteiger partial charge in [-0.1, -0.05) is 25.3 Å². The molecule has 3 heterocycles. The van der Waals surface area contributed by atoms with E-state index in [4.69, 9.17) is 4.99 Å². The molecule has 1 saturated heterocycles. The van der Waals surface area contributed by atoms with E-state index >= 15 is 0 Å². The zero-order valence-electron chi connectivity index (χ0n) is 17.5. The molecule has 30 heavy (non-hydrogen) atoms. The SMILES string of the molecule is C=C1NC(CCc2ccc(F)c(C)c2)=Nc2c1ccnc2CNCC(=C)N1CCC1. The van der Waals surface area contributed by atoms with Gasteiger partial charge in [0.25, 0.3) is 0 Å². The number of amidine groups is 1. The van der Waals surface area contributed by atoms with Crippen LogP contribution in [0.25, 0.3) is 5.70 Å². The minimum absolute atomic E-state index is 0.172. The molecule has 156 valence electrons. The van der Waals surface area contributed by atoms with Gasteiger partial charge in [0.2, 0.25) is 0 Å². The number of hydrogen-bond donors (Lipinski definition) is 2. The molecule has 1 fully saturated rings. The predicted octanol–water partition coefficient (Wildman–Crippen LogP) is 4.07. The van der Waals surface area contributed by atoms with Crippen molar-refractivity contribution in [3.8, 4) is 0 Å². The van der Waals surface area contributed by atoms with E-state index in [-0.39, 0.29) is 5.82 Å². The van der Waals surface area contributed by atoms with Crippen LogP contribution < -0.4 is 10.6 Å². The Morgan fingerprint density at radius 3 is 2.83 bits per heavy atom. The fraction of sp³-hybridized carbons (Fsp3) is 0.333. The number of aliphatic imine (C=N–C) groups is 1. The summed E-state index contributed by atoms with van der Waals surface area (Å²) in [6, 6.07) is 7.19. The summed E-state index contributed by atoms with van der Waals surface area (Å²) in [5.74, 6) is 0.683. The first-order valence-electron chi connectivity index (χ1n) is 10.4. The Bertz CT molecular complexity index is 1010. The Hall–Kier alpha value is -2.99. The van der Waals surface area contributed by atoms with E-state index in [2.05, 4.69) is 33.7 Å². The molecule has 0 spiro atoms. The highest BCUT2D eigenvalue weighted by Gasteiger charge is 2.19. The van der Waals surface area contributed by atoms with Crippen molar-refractivity contribution in [3.63, 3.8) is 0 Å². The Labute approximate surface area is 177 Å². The number of aryl methyl sites for hydroxylation is 2. The number of fused-ring (bicyclic) bond motifs is 1. The van der Waals surface area contributed by atoms with E-state index in [1.165, 1.54) is 12.5 Å². The number of benzene rings is 1. The van der Waals surface area contributed by atoms with Gasteiger partial charge in [-0.2, -0.15) is 0 Å². The number of aromatic nitrogens is 1. The molecule has 0 amide bonds. The van der Waals surface area contributed by atoms with Gasteiger partial charge >= 0.3 is 0 Å². The molecule has 2 aromatic rings. The number of halogens is 1. The Balaban J connectivity index is 1.44. The van der Waals surface area contributed by atoms with Gasteiger partial charge in [-0.15, -0.1) is 0 Å². The lowest BCUT2D eigenvalue weighted by Crippen LogP contribution is -2.39. The molecule has 0 atom stereocenters. The van der Waals surface area contributed by atoms with Crippen LogP contribution in [0.4, 0.5) is 10.1 Å². The summed E-state index contributed by atoms with van der Waals surface area (Å²) in [5.41, 5.74) is 6.46. The smallest absolute Gasteiger partial charge is 0.126 e. The van der Waals surface area contributed by atoms with E-state index < -0.39 is 0 Å². The van der Waals surface area contributed by atoms with Gasteiger partial charge < -0.3 is 15.5 Å². The van der Waals surface area contributed by atoms with Crippen molar-refractivity contribution < 1.29 is 4.39 Å². The van der Waals surface area contributed by atoms with Gasteiger partial charge in [0, 0.05) is 55.8 Å². The molecule has 2 N–H and O–H groups in total. The maximum absolute atomic E-state index is 13.5. The van der Waals surface area contributed by atoms with E-state index in [1.807, 2.05) is 18.2 Å². The molecule has 2 aliphatic heterocycles. The number of likely N-dealkylation sites (tertiary alicyclic amines) is 1. The molecule has 1 aromatic carbocycles. The van der Waals surface area contributed by atoms with Crippen molar-refractivity contribution in [3.05, 3.63) is 77.5 Å². The molecule has 0 aliphatic carbocycles. The van der Waals surface area contributed by atoms with Crippen LogP contribution in [0, 0.1) is 12.7 Å². The third-order valence-electron chi connectivity index (χ3n) is 5.66. The van der Waals surface area contributed by atoms with Crippen LogP contribution in [0.15, 0.2) is 54.3 Å². The molecule has 5 nitrogen and oxygen atoms in total. The van der Waals surface area contributed by atoms with E-state index in [0.717, 1.165) is 72.2 Å². The van der Waals surface area contributed by atoms with E-state index in [0.29, 0.717) is 12.1 Å². The second-order valence-corrected chi connectivity index (χ2v) is 7.91. The van der Waals surface area contributed by atoms with E-state index in [1.54, 1.807) is 13.1 Å². The van der Waals surface area contributed by atoms with Crippen LogP contribution in [0.5, 0.6) is 0 Å². The van der Waals surface area contributed by atoms with Gasteiger partial charge in [-0.3, -0.25) is 4.98 Å². The maximum Gasteiger partial charge on any atom is 0.126 e. The van der Waals surface area contributed by atoms with Crippen LogP contribution in [0.2, 0.25) is 0 Å². The van der Waals surface area contributed by atoms with Gasteiger partial charge in [-0.25, -0.2) is 9.38 Å². The first-order valence-corrected chi connectivity index (χ1v) is 10.4. The summed E-state index contributed by atoms with van der Waals surface area (Å²) in [6.45, 7) is 13.7. The second kappa shape index (κ2) is 8.79. The van der Waals surface area contributed by atoms with Gasteiger partial charge in [0.05, 0.1) is 11.4 Å². The third kappa shape index (κ3) is 4.44. The minimum atomic E-state index is -0.172. The second-order valence-electron chi connectivity index (χ2n) is 7.91. The summed E-state index contributed by atoms with van der Waals surface area (Å²) in [7, 11) is 0. The zero-order valence-corrected chi connectivity index (χ0v) is 17.5. The van der Waals surface area contributed by atoms with Crippen LogP contribution in [-0.2, 0) is 13.0 Å². The van der Waals surface area contributed by atoms with Crippen molar-refractivity contribution in [2.75, 3.05) is 19.6 Å². The van der Waals surface area contributed by atoms with Crippen LogP contribution in [-0.4, -0.2) is 35.4 Å². The highest BCUT2D eigenvalue weighted by atomic mass is 19.1. The van der Waals surface area contributed by atoms with Crippen molar-refractivity contribution in [1.29, 1.82) is 0 Å². The van der Waals surface area contributed by atoms with Crippen molar-refractivity contribution in [2.24, 2.45) is 4.99 Å². The highest BCUT2D eigenvalue weighted by molar-refractivity contribution is 5.98. The van der Waals surface area contributed by atoms with Crippen molar-refractivity contribution in [1.82, 2.24) is 20.5 Å². The maximum atomic E-state index is 13.5. The summed E-state index contributed by atoms with van der Waals surface area (Å²) in [5, 5.41) is 6.75. The largest absolute Gasteiger partial charge is 0.374 e. The van der Waals surface area contributed by atoms with Crippen molar-refractivity contribution in [2.45, 2.75) is 32.7 Å². The van der Waals surface area contributed by atoms with Gasteiger partial charge in [0.15, 0.2) is 0 Å². The van der Waals surface area contributed by atoms with Crippen LogP contribution >= 0.6 is 0 Å². The van der Waals surface area contributed by atoms with Crippen LogP contribution in [0.1, 0.15) is 35.2 Å². The van der Waals surface area contributed by atoms with E-state index in [9.17, 15) is 4.39 Å². The quantitative estimate of drug-likeness (QED) is 0.695. The monoisotopic (exact) mass is 405 g/mol. The molecule has 0 radical (unpaired) electrons. The zero-order chi connectivity index (χ0) is 21.1. The summed E-state index contributed by atoms with van der Waals surface area (Å²) < 4.78 is 13.5. The molecule has 6 heteroatoms. The lowest BCUT2D eigenvalue weighted by Gasteiger charge is -2.34. The predicted molar refractivity (Wildman–Crippen MR) is 120 cm³/mol. The lowest BCUT2D eigenvalue weighted by atomic mass is 10.0. The number of nitrogens with one attached hydrogen (secondary N) is 2. The molecular formula is C24H28FN5. The molecule has 0 bridgehead atoms. The molecule has 0 saturated carbocycles. The van der Waals surface area contributed by atoms with Crippen molar-refractivity contribution >= 4 is 17.2 Å². The standard InChI is InChI=1S/C24H28FN5/c1-16-13-19(5-7-21(16)25)6-8-23-28-18(3)20-9-10-27-22(24(20)29-23)15-26-14-17(2)30-11-4-12-30/h5,7,9-10,13,26H,2-4,6,8,11-12,14-15H2,1H3,(H,28,29). The average Bonchev–Trinajstić information content (AvgIpc) is 2.68. The fourth-order valence-corrected chi connectivity index (χ4v) is 3.71. The molecule has 1 aromatic heterocycles. The summed E-state index contributed by atoms with van der Waals surface area (Å²) in [6.07, 6.45) is 4.54. The molecule has 0 unspecified atom stereocenters. The number of nitrogens with zero attached hydrogens (tertiary/aromatic N) is 3. The molecular weight excluding hydrogens is 377 g/mol. The van der Waals surface area contributed by atoms with Crippen LogP contribution in [0.3, 0.4) is 0 Å². The summed E-state index contributed by atoms with van der Waals surface area (Å²) in [4.78, 5) is 11.7. The fourth-order valence-electron chi connectivity index (χ4n) is 3.71. The number of hydrogen-bond acceptors (Lipinski definition) is 5. The first kappa shape index (κ1) is 20.3. The number of pyridine rings is 1. The number of rotatable bonds is 8. The molecule has 2 aliphatic rings. The Morgan fingerprint density at radius 1 is 1.27 bits per heavy atom. The topological polar surface area (TPSA) is 52.6 Å². The third-order valence-corrected chi connectivity index (χ3v) is 5.66.